The Morgan fingerprint density at radius 1 is 1.44 bits per heavy atom. The Morgan fingerprint density at radius 3 is 2.78 bits per heavy atom. The maximum Gasteiger partial charge on any atom is 0.337 e. The Kier molecular flexibility index (Phi) is 4.02. The Bertz CT molecular complexity index is 428. The predicted molar refractivity (Wildman–Crippen MR) is 70.7 cm³/mol. The number of rotatable bonds is 4. The minimum atomic E-state index is -1.01. The summed E-state index contributed by atoms with van der Waals surface area (Å²) in [5.41, 5.74) is 6.30. The molecule has 18 heavy (non-hydrogen) atoms. The zero-order chi connectivity index (χ0) is 13.0. The third-order valence-electron chi connectivity index (χ3n) is 3.45. The summed E-state index contributed by atoms with van der Waals surface area (Å²) < 4.78 is 0. The Balaban J connectivity index is 1.94. The molecule has 2 rings (SSSR count). The third kappa shape index (κ3) is 3.12. The summed E-state index contributed by atoms with van der Waals surface area (Å²) >= 11 is 0. The third-order valence-corrected chi connectivity index (χ3v) is 3.45. The van der Waals surface area contributed by atoms with Gasteiger partial charge >= 0.3 is 5.97 Å². The fourth-order valence-corrected chi connectivity index (χ4v) is 2.38. The van der Waals surface area contributed by atoms with Crippen molar-refractivity contribution in [1.29, 1.82) is 0 Å². The molecule has 0 saturated heterocycles. The number of hydrogen-bond acceptors (Lipinski definition) is 4. The average molecular weight is 249 g/mol. The van der Waals surface area contributed by atoms with E-state index in [0.29, 0.717) is 17.4 Å². The number of aromatic carboxylic acids is 1. The first-order chi connectivity index (χ1) is 8.66. The van der Waals surface area contributed by atoms with E-state index < -0.39 is 5.97 Å². The van der Waals surface area contributed by atoms with E-state index in [-0.39, 0.29) is 5.56 Å². The largest absolute Gasteiger partial charge is 0.478 e. The number of nitrogen functional groups attached to an aromatic ring is 1. The zero-order valence-corrected chi connectivity index (χ0v) is 10.4. The highest BCUT2D eigenvalue weighted by molar-refractivity contribution is 5.89. The minimum absolute atomic E-state index is 0.121. The molecule has 0 amide bonds. The maximum absolute atomic E-state index is 10.8. The lowest BCUT2D eigenvalue weighted by atomic mass is 9.89. The van der Waals surface area contributed by atoms with Crippen LogP contribution in [0.15, 0.2) is 12.3 Å². The summed E-state index contributed by atoms with van der Waals surface area (Å²) in [5.74, 6) is 0.262. The van der Waals surface area contributed by atoms with E-state index in [9.17, 15) is 4.79 Å². The number of aromatic nitrogens is 1. The van der Waals surface area contributed by atoms with Crippen LogP contribution in [0.25, 0.3) is 0 Å². The van der Waals surface area contributed by atoms with Crippen LogP contribution in [0.1, 0.15) is 42.5 Å². The first-order valence-electron chi connectivity index (χ1n) is 6.39. The lowest BCUT2D eigenvalue weighted by Crippen LogP contribution is -2.18. The van der Waals surface area contributed by atoms with Gasteiger partial charge in [0.15, 0.2) is 0 Å². The molecule has 0 unspecified atom stereocenters. The van der Waals surface area contributed by atoms with Gasteiger partial charge < -0.3 is 16.2 Å². The molecule has 1 saturated carbocycles. The lowest BCUT2D eigenvalue weighted by Gasteiger charge is -2.22. The summed E-state index contributed by atoms with van der Waals surface area (Å²) in [6.07, 6.45) is 7.77. The van der Waals surface area contributed by atoms with Gasteiger partial charge in [-0.1, -0.05) is 19.3 Å². The first-order valence-corrected chi connectivity index (χ1v) is 6.39. The van der Waals surface area contributed by atoms with E-state index in [1.807, 2.05) is 0 Å². The van der Waals surface area contributed by atoms with Gasteiger partial charge in [-0.05, 0) is 24.8 Å². The SMILES string of the molecule is Nc1cc(C(=O)O)cnc1NCC1CCCCC1. The summed E-state index contributed by atoms with van der Waals surface area (Å²) in [5, 5.41) is 12.0. The van der Waals surface area contributed by atoms with Crippen LogP contribution in [0.5, 0.6) is 0 Å². The number of carboxylic acid groups (broad SMARTS) is 1. The van der Waals surface area contributed by atoms with Gasteiger partial charge in [0.05, 0.1) is 11.3 Å². The fraction of sp³-hybridized carbons (Fsp3) is 0.538. The molecule has 1 aromatic heterocycles. The summed E-state index contributed by atoms with van der Waals surface area (Å²) in [6.45, 7) is 0.865. The molecule has 1 aliphatic rings. The molecule has 0 aromatic carbocycles. The molecule has 0 spiro atoms. The standard InChI is InChI=1S/C13H19N3O2/c14-11-6-10(13(17)18)8-16-12(11)15-7-9-4-2-1-3-5-9/h6,8-9H,1-5,7,14H2,(H,15,16)(H,17,18). The van der Waals surface area contributed by atoms with E-state index in [1.54, 1.807) is 0 Å². The Labute approximate surface area is 106 Å². The molecular weight excluding hydrogens is 230 g/mol. The first kappa shape index (κ1) is 12.7. The van der Waals surface area contributed by atoms with Crippen LogP contribution in [0.4, 0.5) is 11.5 Å². The van der Waals surface area contributed by atoms with Crippen molar-refractivity contribution < 1.29 is 9.90 Å². The van der Waals surface area contributed by atoms with Gasteiger partial charge in [0.25, 0.3) is 0 Å². The molecule has 4 N–H and O–H groups in total. The molecule has 1 aliphatic carbocycles. The average Bonchev–Trinajstić information content (AvgIpc) is 2.38. The van der Waals surface area contributed by atoms with Crippen molar-refractivity contribution in [2.45, 2.75) is 32.1 Å². The normalized spacial score (nSPS) is 16.4. The highest BCUT2D eigenvalue weighted by Gasteiger charge is 2.14. The van der Waals surface area contributed by atoms with Crippen LogP contribution in [-0.2, 0) is 0 Å². The van der Waals surface area contributed by atoms with Crippen LogP contribution in [0.2, 0.25) is 0 Å². The molecule has 0 aliphatic heterocycles. The molecule has 1 aromatic rings. The van der Waals surface area contributed by atoms with Crippen LogP contribution in [0, 0.1) is 5.92 Å². The monoisotopic (exact) mass is 249 g/mol. The number of pyridine rings is 1. The number of carbonyl (C=O) groups is 1. The van der Waals surface area contributed by atoms with E-state index in [2.05, 4.69) is 10.3 Å². The van der Waals surface area contributed by atoms with E-state index in [0.717, 1.165) is 6.54 Å². The molecule has 1 heterocycles. The van der Waals surface area contributed by atoms with Crippen LogP contribution < -0.4 is 11.1 Å². The molecule has 0 radical (unpaired) electrons. The predicted octanol–water partition coefficient (Wildman–Crippen LogP) is 2.35. The maximum atomic E-state index is 10.8. The molecule has 5 nitrogen and oxygen atoms in total. The topological polar surface area (TPSA) is 88.2 Å². The number of hydrogen-bond donors (Lipinski definition) is 3. The van der Waals surface area contributed by atoms with Crippen molar-refractivity contribution in [2.24, 2.45) is 5.92 Å². The van der Waals surface area contributed by atoms with Crippen LogP contribution in [0.3, 0.4) is 0 Å². The smallest absolute Gasteiger partial charge is 0.337 e. The zero-order valence-electron chi connectivity index (χ0n) is 10.4. The van der Waals surface area contributed by atoms with Crippen molar-refractivity contribution in [2.75, 3.05) is 17.6 Å². The summed E-state index contributed by atoms with van der Waals surface area (Å²) in [7, 11) is 0. The number of nitrogens with zero attached hydrogens (tertiary/aromatic N) is 1. The van der Waals surface area contributed by atoms with Crippen molar-refractivity contribution >= 4 is 17.5 Å². The second-order valence-corrected chi connectivity index (χ2v) is 4.85. The Morgan fingerprint density at radius 2 is 2.17 bits per heavy atom. The van der Waals surface area contributed by atoms with Crippen molar-refractivity contribution in [3.63, 3.8) is 0 Å². The van der Waals surface area contributed by atoms with E-state index >= 15 is 0 Å². The second-order valence-electron chi connectivity index (χ2n) is 4.85. The Hall–Kier alpha value is -1.78. The highest BCUT2D eigenvalue weighted by Crippen LogP contribution is 2.24. The number of nitrogens with one attached hydrogen (secondary N) is 1. The van der Waals surface area contributed by atoms with Gasteiger partial charge in [0.1, 0.15) is 5.82 Å². The molecule has 98 valence electrons. The quantitative estimate of drug-likeness (QED) is 0.762. The molecule has 0 bridgehead atoms. The molecule has 5 heteroatoms. The molecule has 0 atom stereocenters. The highest BCUT2D eigenvalue weighted by atomic mass is 16.4. The van der Waals surface area contributed by atoms with Gasteiger partial charge in [0, 0.05) is 12.7 Å². The summed E-state index contributed by atoms with van der Waals surface area (Å²) in [6, 6.07) is 1.44. The molecular formula is C13H19N3O2. The number of nitrogens with two attached hydrogens (primary N) is 1. The van der Waals surface area contributed by atoms with Gasteiger partial charge in [0.2, 0.25) is 0 Å². The molecule has 1 fully saturated rings. The van der Waals surface area contributed by atoms with Gasteiger partial charge in [-0.2, -0.15) is 0 Å². The second kappa shape index (κ2) is 5.71. The van der Waals surface area contributed by atoms with E-state index in [1.165, 1.54) is 44.4 Å². The van der Waals surface area contributed by atoms with Crippen molar-refractivity contribution in [1.82, 2.24) is 4.98 Å². The van der Waals surface area contributed by atoms with Gasteiger partial charge in [-0.15, -0.1) is 0 Å². The van der Waals surface area contributed by atoms with E-state index in [4.69, 9.17) is 10.8 Å². The number of anilines is 2. The van der Waals surface area contributed by atoms with Crippen molar-refractivity contribution in [3.8, 4) is 0 Å². The van der Waals surface area contributed by atoms with Crippen molar-refractivity contribution in [3.05, 3.63) is 17.8 Å². The minimum Gasteiger partial charge on any atom is -0.478 e. The number of carboxylic acids is 1. The van der Waals surface area contributed by atoms with Gasteiger partial charge in [-0.3, -0.25) is 0 Å². The van der Waals surface area contributed by atoms with Crippen LogP contribution in [-0.4, -0.2) is 22.6 Å². The van der Waals surface area contributed by atoms with Crippen LogP contribution >= 0.6 is 0 Å². The fourth-order valence-electron chi connectivity index (χ4n) is 2.38. The summed E-state index contributed by atoms with van der Waals surface area (Å²) in [4.78, 5) is 14.8. The van der Waals surface area contributed by atoms with Gasteiger partial charge in [-0.25, -0.2) is 9.78 Å². The lowest BCUT2D eigenvalue weighted by molar-refractivity contribution is 0.0696.